The van der Waals surface area contributed by atoms with Gasteiger partial charge in [-0.25, -0.2) is 13.1 Å². The normalized spacial score (nSPS) is 15.8. The van der Waals surface area contributed by atoms with E-state index in [9.17, 15) is 13.2 Å². The summed E-state index contributed by atoms with van der Waals surface area (Å²) in [5.41, 5.74) is 1.33. The predicted molar refractivity (Wildman–Crippen MR) is 98.1 cm³/mol. The monoisotopic (exact) mass is 374 g/mol. The summed E-state index contributed by atoms with van der Waals surface area (Å²) in [7, 11) is -1.61. The Bertz CT molecular complexity index is 846. The number of amides is 1. The number of hydrogen-bond acceptors (Lipinski definition) is 5. The van der Waals surface area contributed by atoms with E-state index < -0.39 is 10.0 Å². The molecule has 1 aliphatic rings. The van der Waals surface area contributed by atoms with Gasteiger partial charge in [-0.1, -0.05) is 0 Å². The van der Waals surface area contributed by atoms with Crippen LogP contribution in [0.4, 0.5) is 0 Å². The summed E-state index contributed by atoms with van der Waals surface area (Å²) in [5, 5.41) is 0. The number of nitrogens with one attached hydrogen (secondary N) is 1. The van der Waals surface area contributed by atoms with E-state index in [1.54, 1.807) is 41.6 Å². The Morgan fingerprint density at radius 1 is 1.04 bits per heavy atom. The molecular weight excluding hydrogens is 352 g/mol. The highest BCUT2D eigenvalue weighted by molar-refractivity contribution is 7.89. The number of hydrogen-bond donors (Lipinski definition) is 1. The SMILES string of the molecule is CN1CCN(C(=O)c2ccc(S(=O)(=O)NCc3ccncc3)cc2)CC1. The number of likely N-dealkylation sites (N-methyl/N-ethyl adjacent to an activating group) is 1. The quantitative estimate of drug-likeness (QED) is 0.843. The second kappa shape index (κ2) is 7.94. The molecule has 0 atom stereocenters. The Balaban J connectivity index is 1.65. The maximum Gasteiger partial charge on any atom is 0.253 e. The molecule has 1 aliphatic heterocycles. The van der Waals surface area contributed by atoms with Crippen molar-refractivity contribution in [1.82, 2.24) is 19.5 Å². The molecule has 1 aromatic heterocycles. The zero-order valence-electron chi connectivity index (χ0n) is 14.6. The van der Waals surface area contributed by atoms with E-state index >= 15 is 0 Å². The Labute approximate surface area is 153 Å². The lowest BCUT2D eigenvalue weighted by Gasteiger charge is -2.32. The van der Waals surface area contributed by atoms with Gasteiger partial charge >= 0.3 is 0 Å². The van der Waals surface area contributed by atoms with Crippen molar-refractivity contribution in [3.8, 4) is 0 Å². The van der Waals surface area contributed by atoms with Crippen LogP contribution in [0.25, 0.3) is 0 Å². The van der Waals surface area contributed by atoms with Gasteiger partial charge in [0.1, 0.15) is 0 Å². The molecule has 7 nitrogen and oxygen atoms in total. The minimum absolute atomic E-state index is 0.0632. The van der Waals surface area contributed by atoms with Crippen LogP contribution < -0.4 is 4.72 Å². The first-order chi connectivity index (χ1) is 12.5. The Morgan fingerprint density at radius 2 is 1.65 bits per heavy atom. The first kappa shape index (κ1) is 18.5. The van der Waals surface area contributed by atoms with Gasteiger partial charge in [-0.3, -0.25) is 9.78 Å². The van der Waals surface area contributed by atoms with E-state index in [1.807, 2.05) is 7.05 Å². The van der Waals surface area contributed by atoms with Crippen LogP contribution in [0.3, 0.4) is 0 Å². The van der Waals surface area contributed by atoms with Crippen molar-refractivity contribution in [3.05, 3.63) is 59.9 Å². The average molecular weight is 374 g/mol. The van der Waals surface area contributed by atoms with Crippen LogP contribution in [0.2, 0.25) is 0 Å². The van der Waals surface area contributed by atoms with Gasteiger partial charge in [0, 0.05) is 50.7 Å². The number of pyridine rings is 1. The van der Waals surface area contributed by atoms with Crippen molar-refractivity contribution in [3.63, 3.8) is 0 Å². The van der Waals surface area contributed by atoms with Gasteiger partial charge in [0.15, 0.2) is 0 Å². The van der Waals surface area contributed by atoms with Crippen molar-refractivity contribution in [1.29, 1.82) is 0 Å². The molecule has 2 heterocycles. The molecule has 1 aromatic carbocycles. The van der Waals surface area contributed by atoms with Gasteiger partial charge in [0.25, 0.3) is 5.91 Å². The van der Waals surface area contributed by atoms with Gasteiger partial charge in [0.2, 0.25) is 10.0 Å². The van der Waals surface area contributed by atoms with Crippen LogP contribution in [0.15, 0.2) is 53.7 Å². The topological polar surface area (TPSA) is 82.6 Å². The van der Waals surface area contributed by atoms with E-state index in [4.69, 9.17) is 0 Å². The molecule has 26 heavy (non-hydrogen) atoms. The number of carbonyl (C=O) groups excluding carboxylic acids is 1. The zero-order chi connectivity index (χ0) is 18.6. The van der Waals surface area contributed by atoms with Gasteiger partial charge < -0.3 is 9.80 Å². The number of piperazine rings is 1. The van der Waals surface area contributed by atoms with Gasteiger partial charge in [0.05, 0.1) is 4.90 Å². The molecule has 0 aliphatic carbocycles. The Hall–Kier alpha value is -2.29. The smallest absolute Gasteiger partial charge is 0.253 e. The number of benzene rings is 1. The van der Waals surface area contributed by atoms with Crippen LogP contribution >= 0.6 is 0 Å². The van der Waals surface area contributed by atoms with E-state index in [0.717, 1.165) is 18.7 Å². The molecule has 1 amide bonds. The highest BCUT2D eigenvalue weighted by Crippen LogP contribution is 2.14. The van der Waals surface area contributed by atoms with Crippen LogP contribution in [0, 0.1) is 0 Å². The first-order valence-corrected chi connectivity index (χ1v) is 9.90. The molecule has 0 saturated carbocycles. The lowest BCUT2D eigenvalue weighted by atomic mass is 10.2. The van der Waals surface area contributed by atoms with Crippen LogP contribution in [-0.2, 0) is 16.6 Å². The lowest BCUT2D eigenvalue weighted by molar-refractivity contribution is 0.0664. The number of aromatic nitrogens is 1. The largest absolute Gasteiger partial charge is 0.336 e. The molecule has 1 fully saturated rings. The fraction of sp³-hybridized carbons (Fsp3) is 0.333. The summed E-state index contributed by atoms with van der Waals surface area (Å²) in [6.45, 7) is 3.24. The molecule has 1 N–H and O–H groups in total. The van der Waals surface area contributed by atoms with Crippen molar-refractivity contribution in [2.45, 2.75) is 11.4 Å². The Kier molecular flexibility index (Phi) is 5.65. The molecule has 138 valence electrons. The van der Waals surface area contributed by atoms with Crippen LogP contribution in [-0.4, -0.2) is 62.3 Å². The average Bonchev–Trinajstić information content (AvgIpc) is 2.67. The fourth-order valence-corrected chi connectivity index (χ4v) is 3.75. The highest BCUT2D eigenvalue weighted by Gasteiger charge is 2.21. The number of carbonyl (C=O) groups is 1. The second-order valence-corrected chi connectivity index (χ2v) is 8.07. The third-order valence-corrected chi connectivity index (χ3v) is 5.83. The van der Waals surface area contributed by atoms with Crippen LogP contribution in [0.5, 0.6) is 0 Å². The summed E-state index contributed by atoms with van der Waals surface area (Å²) >= 11 is 0. The minimum Gasteiger partial charge on any atom is -0.336 e. The summed E-state index contributed by atoms with van der Waals surface area (Å²) in [4.78, 5) is 20.5. The molecule has 1 saturated heterocycles. The summed E-state index contributed by atoms with van der Waals surface area (Å²) in [6, 6.07) is 9.58. The van der Waals surface area contributed by atoms with Gasteiger partial charge in [-0.2, -0.15) is 0 Å². The molecule has 0 spiro atoms. The molecular formula is C18H22N4O3S. The maximum atomic E-state index is 12.5. The predicted octanol–water partition coefficient (Wildman–Crippen LogP) is 0.948. The van der Waals surface area contributed by atoms with Crippen molar-refractivity contribution >= 4 is 15.9 Å². The molecule has 8 heteroatoms. The second-order valence-electron chi connectivity index (χ2n) is 6.30. The molecule has 3 rings (SSSR count). The standard InChI is InChI=1S/C18H22N4O3S/c1-21-10-12-22(13-11-21)18(23)16-2-4-17(5-3-16)26(24,25)20-14-15-6-8-19-9-7-15/h2-9,20H,10-14H2,1H3. The highest BCUT2D eigenvalue weighted by atomic mass is 32.2. The zero-order valence-corrected chi connectivity index (χ0v) is 15.4. The van der Waals surface area contributed by atoms with Crippen LogP contribution in [0.1, 0.15) is 15.9 Å². The Morgan fingerprint density at radius 3 is 2.27 bits per heavy atom. The minimum atomic E-state index is -3.64. The van der Waals surface area contributed by atoms with E-state index in [-0.39, 0.29) is 17.3 Å². The molecule has 0 bridgehead atoms. The molecule has 0 radical (unpaired) electrons. The fourth-order valence-electron chi connectivity index (χ4n) is 2.73. The van der Waals surface area contributed by atoms with Crippen molar-refractivity contribution in [2.75, 3.05) is 33.2 Å². The lowest BCUT2D eigenvalue weighted by Crippen LogP contribution is -2.47. The molecule has 0 unspecified atom stereocenters. The first-order valence-electron chi connectivity index (χ1n) is 8.42. The van der Waals surface area contributed by atoms with Crippen molar-refractivity contribution in [2.24, 2.45) is 0 Å². The van der Waals surface area contributed by atoms with Gasteiger partial charge in [-0.15, -0.1) is 0 Å². The summed E-state index contributed by atoms with van der Waals surface area (Å²) < 4.78 is 27.3. The summed E-state index contributed by atoms with van der Waals surface area (Å²) in [5.74, 6) is -0.0632. The van der Waals surface area contributed by atoms with E-state index in [1.165, 1.54) is 12.1 Å². The van der Waals surface area contributed by atoms with E-state index in [2.05, 4.69) is 14.6 Å². The maximum absolute atomic E-state index is 12.5. The van der Waals surface area contributed by atoms with Gasteiger partial charge in [-0.05, 0) is 49.0 Å². The third-order valence-electron chi connectivity index (χ3n) is 4.42. The number of rotatable bonds is 5. The molecule has 2 aromatic rings. The number of nitrogens with zero attached hydrogens (tertiary/aromatic N) is 3. The summed E-state index contributed by atoms with van der Waals surface area (Å²) in [6.07, 6.45) is 3.23. The van der Waals surface area contributed by atoms with E-state index in [0.29, 0.717) is 18.7 Å². The number of sulfonamides is 1. The van der Waals surface area contributed by atoms with Crippen molar-refractivity contribution < 1.29 is 13.2 Å². The third kappa shape index (κ3) is 4.46.